The highest BCUT2D eigenvalue weighted by Crippen LogP contribution is 2.42. The maximum absolute atomic E-state index is 13.2. The Kier molecular flexibility index (Phi) is 4.61. The van der Waals surface area contributed by atoms with Crippen LogP contribution in [0, 0.1) is 5.82 Å². The number of nitrogens with zero attached hydrogens (tertiary/aromatic N) is 3. The largest absolute Gasteiger partial charge is 0.331 e. The number of carbonyl (C=O) groups excluding carboxylic acids is 1. The molecule has 2 aliphatic heterocycles. The first-order valence-electron chi connectivity index (χ1n) is 8.41. The van der Waals surface area contributed by atoms with Crippen molar-refractivity contribution in [2.45, 2.75) is 36.2 Å². The first-order chi connectivity index (χ1) is 12.9. The number of nitrogens with one attached hydrogen (secondary N) is 1. The van der Waals surface area contributed by atoms with Crippen molar-refractivity contribution >= 4 is 27.5 Å². The van der Waals surface area contributed by atoms with Crippen LogP contribution in [0.1, 0.15) is 30.1 Å². The van der Waals surface area contributed by atoms with E-state index < -0.39 is 15.8 Å². The van der Waals surface area contributed by atoms with Gasteiger partial charge in [-0.05, 0) is 31.0 Å². The van der Waals surface area contributed by atoms with Crippen molar-refractivity contribution in [3.63, 3.8) is 0 Å². The summed E-state index contributed by atoms with van der Waals surface area (Å²) in [7, 11) is -3.98. The number of carbonyl (C=O) groups is 1. The molecule has 1 fully saturated rings. The minimum Gasteiger partial charge on any atom is -0.331 e. The van der Waals surface area contributed by atoms with Crippen LogP contribution in [0.4, 0.5) is 4.39 Å². The SMILES string of the molecule is O=C(CNS(=O)(=O)c1ccc(F)c(Cl)c1)N1C2CCC1c1cncnc1C2. The third-order valence-corrected chi connectivity index (χ3v) is 6.71. The van der Waals surface area contributed by atoms with Gasteiger partial charge in [-0.25, -0.2) is 27.5 Å². The molecule has 142 valence electrons. The van der Waals surface area contributed by atoms with Gasteiger partial charge >= 0.3 is 0 Å². The fraction of sp³-hybridized carbons (Fsp3) is 0.353. The van der Waals surface area contributed by atoms with Gasteiger partial charge in [-0.15, -0.1) is 0 Å². The molecule has 0 aliphatic carbocycles. The summed E-state index contributed by atoms with van der Waals surface area (Å²) in [6, 6.07) is 2.97. The maximum atomic E-state index is 13.2. The normalized spacial score (nSPS) is 21.2. The monoisotopic (exact) mass is 410 g/mol. The zero-order valence-electron chi connectivity index (χ0n) is 14.1. The molecule has 7 nitrogen and oxygen atoms in total. The molecule has 2 aliphatic rings. The Balaban J connectivity index is 1.49. The molecular formula is C17H16ClFN4O3S. The maximum Gasteiger partial charge on any atom is 0.241 e. The van der Waals surface area contributed by atoms with Crippen LogP contribution >= 0.6 is 11.6 Å². The van der Waals surface area contributed by atoms with Crippen LogP contribution in [0.5, 0.6) is 0 Å². The molecular weight excluding hydrogens is 395 g/mol. The molecule has 2 atom stereocenters. The molecule has 1 N–H and O–H groups in total. The standard InChI is InChI=1S/C17H16ClFN4O3S/c18-13-6-11(2-3-14(13)19)27(25,26)22-8-17(24)23-10-1-4-16(23)12-7-20-9-21-15(12)5-10/h2-3,6-7,9-10,16,22H,1,4-5,8H2. The minimum absolute atomic E-state index is 0.00895. The van der Waals surface area contributed by atoms with E-state index >= 15 is 0 Å². The number of hydrogen-bond donors (Lipinski definition) is 1. The zero-order valence-corrected chi connectivity index (χ0v) is 15.7. The number of rotatable bonds is 4. The highest BCUT2D eigenvalue weighted by atomic mass is 35.5. The van der Waals surface area contributed by atoms with E-state index in [1.807, 2.05) is 0 Å². The van der Waals surface area contributed by atoms with E-state index in [1.54, 1.807) is 11.1 Å². The Morgan fingerprint density at radius 3 is 2.96 bits per heavy atom. The summed E-state index contributed by atoms with van der Waals surface area (Å²) < 4.78 is 40.3. The van der Waals surface area contributed by atoms with E-state index in [0.29, 0.717) is 6.42 Å². The Hall–Kier alpha value is -2.10. The molecule has 4 rings (SSSR count). The van der Waals surface area contributed by atoms with Crippen LogP contribution in [0.3, 0.4) is 0 Å². The van der Waals surface area contributed by atoms with E-state index in [4.69, 9.17) is 11.6 Å². The first-order valence-corrected chi connectivity index (χ1v) is 10.3. The minimum atomic E-state index is -3.98. The van der Waals surface area contributed by atoms with Gasteiger partial charge < -0.3 is 4.90 Å². The fourth-order valence-electron chi connectivity index (χ4n) is 3.78. The second-order valence-corrected chi connectivity index (χ2v) is 8.75. The van der Waals surface area contributed by atoms with Crippen LogP contribution in [-0.2, 0) is 21.2 Å². The number of aromatic nitrogens is 2. The summed E-state index contributed by atoms with van der Waals surface area (Å²) in [6.45, 7) is -0.382. The lowest BCUT2D eigenvalue weighted by Gasteiger charge is -2.35. The van der Waals surface area contributed by atoms with Gasteiger partial charge in [-0.2, -0.15) is 0 Å². The smallest absolute Gasteiger partial charge is 0.241 e. The number of hydrogen-bond acceptors (Lipinski definition) is 5. The topological polar surface area (TPSA) is 92.3 Å². The summed E-state index contributed by atoms with van der Waals surface area (Å²) in [4.78, 5) is 22.6. The Morgan fingerprint density at radius 2 is 2.19 bits per heavy atom. The molecule has 2 unspecified atom stereocenters. The molecule has 3 heterocycles. The molecule has 1 amide bonds. The molecule has 27 heavy (non-hydrogen) atoms. The predicted molar refractivity (Wildman–Crippen MR) is 94.9 cm³/mol. The zero-order chi connectivity index (χ0) is 19.2. The van der Waals surface area contributed by atoms with Gasteiger partial charge in [0.25, 0.3) is 0 Å². The molecule has 1 aromatic heterocycles. The van der Waals surface area contributed by atoms with E-state index in [-0.39, 0.29) is 34.5 Å². The Labute approximate surface area is 160 Å². The summed E-state index contributed by atoms with van der Waals surface area (Å²) in [6.07, 6.45) is 5.50. The average molecular weight is 411 g/mol. The van der Waals surface area contributed by atoms with Gasteiger partial charge in [-0.1, -0.05) is 11.6 Å². The second kappa shape index (κ2) is 6.81. The molecule has 0 spiro atoms. The predicted octanol–water partition coefficient (Wildman–Crippen LogP) is 1.84. The molecule has 1 saturated heterocycles. The molecule has 1 aromatic carbocycles. The van der Waals surface area contributed by atoms with Crippen LogP contribution in [-0.4, -0.2) is 41.8 Å². The molecule has 2 bridgehead atoms. The quantitative estimate of drug-likeness (QED) is 0.830. The fourth-order valence-corrected chi connectivity index (χ4v) is 5.02. The van der Waals surface area contributed by atoms with E-state index in [9.17, 15) is 17.6 Å². The van der Waals surface area contributed by atoms with Gasteiger partial charge in [-0.3, -0.25) is 4.79 Å². The molecule has 10 heteroatoms. The highest BCUT2D eigenvalue weighted by Gasteiger charge is 2.43. The second-order valence-electron chi connectivity index (χ2n) is 6.58. The van der Waals surface area contributed by atoms with Gasteiger partial charge in [0.1, 0.15) is 12.1 Å². The van der Waals surface area contributed by atoms with Crippen molar-refractivity contribution < 1.29 is 17.6 Å². The van der Waals surface area contributed by atoms with Crippen molar-refractivity contribution in [3.8, 4) is 0 Å². The highest BCUT2D eigenvalue weighted by molar-refractivity contribution is 7.89. The molecule has 2 aromatic rings. The van der Waals surface area contributed by atoms with E-state index in [1.165, 1.54) is 6.33 Å². The van der Waals surface area contributed by atoms with E-state index in [2.05, 4.69) is 14.7 Å². The van der Waals surface area contributed by atoms with Crippen molar-refractivity contribution in [1.82, 2.24) is 19.6 Å². The van der Waals surface area contributed by atoms with Crippen molar-refractivity contribution in [2.24, 2.45) is 0 Å². The Morgan fingerprint density at radius 1 is 1.37 bits per heavy atom. The molecule has 0 saturated carbocycles. The Bertz CT molecular complexity index is 1020. The lowest BCUT2D eigenvalue weighted by molar-refractivity contribution is -0.133. The average Bonchev–Trinajstić information content (AvgIpc) is 2.97. The van der Waals surface area contributed by atoms with Gasteiger partial charge in [0.05, 0.1) is 28.2 Å². The number of amides is 1. The summed E-state index contributed by atoms with van der Waals surface area (Å²) in [5.41, 5.74) is 1.87. The van der Waals surface area contributed by atoms with Crippen molar-refractivity contribution in [2.75, 3.05) is 6.54 Å². The third kappa shape index (κ3) is 3.30. The van der Waals surface area contributed by atoms with Gasteiger partial charge in [0.15, 0.2) is 0 Å². The summed E-state index contributed by atoms with van der Waals surface area (Å²) in [5.74, 6) is -1.02. The summed E-state index contributed by atoms with van der Waals surface area (Å²) >= 11 is 5.64. The van der Waals surface area contributed by atoms with Crippen LogP contribution in [0.25, 0.3) is 0 Å². The molecule has 0 radical (unpaired) electrons. The van der Waals surface area contributed by atoms with Gasteiger partial charge in [0.2, 0.25) is 15.9 Å². The lowest BCUT2D eigenvalue weighted by Crippen LogP contribution is -2.46. The third-order valence-electron chi connectivity index (χ3n) is 5.02. The number of benzene rings is 1. The van der Waals surface area contributed by atoms with Gasteiger partial charge in [0, 0.05) is 24.2 Å². The lowest BCUT2D eigenvalue weighted by atomic mass is 9.99. The van der Waals surface area contributed by atoms with Crippen LogP contribution in [0.15, 0.2) is 35.6 Å². The first kappa shape index (κ1) is 18.3. The summed E-state index contributed by atoms with van der Waals surface area (Å²) in [5, 5.41) is -0.296. The van der Waals surface area contributed by atoms with Crippen LogP contribution in [0.2, 0.25) is 5.02 Å². The number of fused-ring (bicyclic) bond motifs is 4. The van der Waals surface area contributed by atoms with Crippen LogP contribution < -0.4 is 4.72 Å². The van der Waals surface area contributed by atoms with Crippen molar-refractivity contribution in [3.05, 3.63) is 52.8 Å². The van der Waals surface area contributed by atoms with E-state index in [0.717, 1.165) is 42.3 Å². The number of halogens is 2. The number of sulfonamides is 1. The van der Waals surface area contributed by atoms with Crippen molar-refractivity contribution in [1.29, 1.82) is 0 Å².